The zero-order valence-electron chi connectivity index (χ0n) is 15.1. The predicted molar refractivity (Wildman–Crippen MR) is 97.2 cm³/mol. The fourth-order valence-electron chi connectivity index (χ4n) is 2.85. The van der Waals surface area contributed by atoms with E-state index in [1.807, 2.05) is 31.2 Å². The number of carbonyl (C=O) groups excluding carboxylic acids is 1. The van der Waals surface area contributed by atoms with Crippen LogP contribution < -0.4 is 0 Å². The average molecular weight is 398 g/mol. The molecule has 1 aliphatic carbocycles. The largest absolute Gasteiger partial charge is 0.406 e. The molecule has 0 unspecified atom stereocenters. The number of nitrogens with zero attached hydrogens (tertiary/aromatic N) is 3. The minimum absolute atomic E-state index is 0.127. The van der Waals surface area contributed by atoms with Gasteiger partial charge in [-0.15, -0.1) is 5.10 Å². The summed E-state index contributed by atoms with van der Waals surface area (Å²) in [4.78, 5) is 17.7. The number of carbonyl (C=O) groups is 1. The molecule has 9 heteroatoms. The van der Waals surface area contributed by atoms with Gasteiger partial charge in [-0.25, -0.2) is 4.98 Å². The first-order valence-electron chi connectivity index (χ1n) is 8.71. The molecule has 1 heterocycles. The van der Waals surface area contributed by atoms with Gasteiger partial charge < -0.3 is 4.90 Å². The number of nitrogens with one attached hydrogen (secondary N) is 1. The second-order valence-electron chi connectivity index (χ2n) is 6.84. The van der Waals surface area contributed by atoms with Gasteiger partial charge in [-0.3, -0.25) is 9.89 Å². The number of benzene rings is 1. The van der Waals surface area contributed by atoms with Gasteiger partial charge in [0.1, 0.15) is 6.54 Å². The van der Waals surface area contributed by atoms with Crippen LogP contribution in [-0.4, -0.2) is 50.5 Å². The lowest BCUT2D eigenvalue weighted by atomic mass is 10.1. The number of aromatic nitrogens is 3. The number of aromatic amines is 1. The van der Waals surface area contributed by atoms with Crippen LogP contribution in [0.1, 0.15) is 25.3 Å². The molecule has 0 spiro atoms. The zero-order valence-corrected chi connectivity index (χ0v) is 15.9. The van der Waals surface area contributed by atoms with Gasteiger partial charge in [-0.2, -0.15) is 13.2 Å². The monoisotopic (exact) mass is 398 g/mol. The van der Waals surface area contributed by atoms with Crippen LogP contribution in [-0.2, 0) is 4.79 Å². The van der Waals surface area contributed by atoms with Crippen LogP contribution in [0, 0.1) is 12.8 Å². The molecular weight excluding hydrogens is 377 g/mol. The third kappa shape index (κ3) is 5.47. The van der Waals surface area contributed by atoms with Crippen molar-refractivity contribution in [3.63, 3.8) is 0 Å². The molecule has 2 aromatic rings. The van der Waals surface area contributed by atoms with Crippen LogP contribution in [0.25, 0.3) is 11.4 Å². The highest BCUT2D eigenvalue weighted by molar-refractivity contribution is 7.99. The highest BCUT2D eigenvalue weighted by Gasteiger charge is 2.40. The summed E-state index contributed by atoms with van der Waals surface area (Å²) in [5.41, 5.74) is 1.97. The number of thioether (sulfide) groups is 1. The smallest absolute Gasteiger partial charge is 0.330 e. The molecule has 1 atom stereocenters. The van der Waals surface area contributed by atoms with Crippen molar-refractivity contribution in [3.8, 4) is 11.4 Å². The molecule has 1 aromatic heterocycles. The Labute approximate surface area is 159 Å². The number of hydrogen-bond acceptors (Lipinski definition) is 4. The molecule has 0 radical (unpaired) electrons. The van der Waals surface area contributed by atoms with Crippen LogP contribution >= 0.6 is 11.8 Å². The molecule has 1 aromatic carbocycles. The Bertz CT molecular complexity index is 787. The predicted octanol–water partition coefficient (Wildman–Crippen LogP) is 4.06. The van der Waals surface area contributed by atoms with Crippen LogP contribution in [0.2, 0.25) is 0 Å². The Kier molecular flexibility index (Phi) is 5.78. The number of alkyl halides is 3. The minimum atomic E-state index is -4.41. The van der Waals surface area contributed by atoms with Gasteiger partial charge in [0.05, 0.1) is 5.75 Å². The second kappa shape index (κ2) is 7.92. The van der Waals surface area contributed by atoms with Crippen molar-refractivity contribution in [1.29, 1.82) is 0 Å². The summed E-state index contributed by atoms with van der Waals surface area (Å²) in [5, 5.41) is 7.18. The highest BCUT2D eigenvalue weighted by Crippen LogP contribution is 2.36. The van der Waals surface area contributed by atoms with Crippen molar-refractivity contribution >= 4 is 17.7 Å². The zero-order chi connectivity index (χ0) is 19.6. The number of aryl methyl sites for hydroxylation is 1. The van der Waals surface area contributed by atoms with Crippen molar-refractivity contribution in [1.82, 2.24) is 20.1 Å². The van der Waals surface area contributed by atoms with E-state index in [2.05, 4.69) is 15.2 Å². The number of hydrogen-bond donors (Lipinski definition) is 1. The second-order valence-corrected chi connectivity index (χ2v) is 7.78. The molecule has 1 N–H and O–H groups in total. The van der Waals surface area contributed by atoms with E-state index in [-0.39, 0.29) is 11.7 Å². The summed E-state index contributed by atoms with van der Waals surface area (Å²) in [6.45, 7) is 2.45. The third-order valence-corrected chi connectivity index (χ3v) is 5.41. The number of H-pyrrole nitrogens is 1. The van der Waals surface area contributed by atoms with E-state index in [4.69, 9.17) is 0 Å². The van der Waals surface area contributed by atoms with Crippen molar-refractivity contribution < 1.29 is 18.0 Å². The molecule has 0 bridgehead atoms. The molecule has 0 saturated heterocycles. The van der Waals surface area contributed by atoms with Gasteiger partial charge in [0.15, 0.2) is 5.82 Å². The number of rotatable bonds is 7. The molecular formula is C18H21F3N4OS. The summed E-state index contributed by atoms with van der Waals surface area (Å²) < 4.78 is 38.6. The normalized spacial score (nSPS) is 15.6. The summed E-state index contributed by atoms with van der Waals surface area (Å²) in [7, 11) is 0. The van der Waals surface area contributed by atoms with Crippen LogP contribution in [0.4, 0.5) is 13.2 Å². The molecule has 1 fully saturated rings. The van der Waals surface area contributed by atoms with E-state index >= 15 is 0 Å². The lowest BCUT2D eigenvalue weighted by molar-refractivity contribution is -0.164. The average Bonchev–Trinajstić information content (AvgIpc) is 3.35. The van der Waals surface area contributed by atoms with E-state index in [0.717, 1.165) is 40.6 Å². The van der Waals surface area contributed by atoms with E-state index in [1.54, 1.807) is 6.92 Å². The maximum atomic E-state index is 12.9. The first-order chi connectivity index (χ1) is 12.7. The molecule has 3 rings (SSSR count). The molecule has 146 valence electrons. The van der Waals surface area contributed by atoms with Crippen LogP contribution in [0.5, 0.6) is 0 Å². The van der Waals surface area contributed by atoms with E-state index < -0.39 is 24.7 Å². The Balaban J connectivity index is 1.62. The molecule has 27 heavy (non-hydrogen) atoms. The maximum Gasteiger partial charge on any atom is 0.406 e. The Morgan fingerprint density at radius 2 is 2.00 bits per heavy atom. The molecule has 1 amide bonds. The van der Waals surface area contributed by atoms with E-state index in [1.165, 1.54) is 0 Å². The Hall–Kier alpha value is -2.03. The summed E-state index contributed by atoms with van der Waals surface area (Å²) in [5.74, 6) is 0.0537. The first-order valence-corrected chi connectivity index (χ1v) is 9.70. The Morgan fingerprint density at radius 1 is 1.33 bits per heavy atom. The van der Waals surface area contributed by atoms with Gasteiger partial charge in [-0.1, -0.05) is 41.6 Å². The van der Waals surface area contributed by atoms with Gasteiger partial charge >= 0.3 is 6.18 Å². The van der Waals surface area contributed by atoms with Crippen molar-refractivity contribution in [2.24, 2.45) is 5.92 Å². The standard InChI is InChI=1S/C18H21F3N4OS/c1-11-3-5-14(6-4-11)16-22-17(24-23-16)27-9-15(26)25(10-18(19,20)21)12(2)13-7-8-13/h3-6,12-13H,7-10H2,1-2H3,(H,22,23,24)/t12-/m0/s1. The summed E-state index contributed by atoms with van der Waals surface area (Å²) >= 11 is 1.04. The highest BCUT2D eigenvalue weighted by atomic mass is 32.2. The van der Waals surface area contributed by atoms with Crippen LogP contribution in [0.3, 0.4) is 0 Å². The quantitative estimate of drug-likeness (QED) is 0.715. The molecule has 0 aliphatic heterocycles. The van der Waals surface area contributed by atoms with Gasteiger partial charge in [0.2, 0.25) is 11.1 Å². The minimum Gasteiger partial charge on any atom is -0.330 e. The lowest BCUT2D eigenvalue weighted by Gasteiger charge is -2.30. The fraction of sp³-hybridized carbons (Fsp3) is 0.500. The van der Waals surface area contributed by atoms with Gasteiger partial charge in [0.25, 0.3) is 0 Å². The van der Waals surface area contributed by atoms with Crippen LogP contribution in [0.15, 0.2) is 29.4 Å². The summed E-state index contributed by atoms with van der Waals surface area (Å²) in [6, 6.07) is 7.29. The first kappa shape index (κ1) is 19.7. The fourth-order valence-corrected chi connectivity index (χ4v) is 3.53. The van der Waals surface area contributed by atoms with E-state index in [0.29, 0.717) is 11.0 Å². The lowest BCUT2D eigenvalue weighted by Crippen LogP contribution is -2.46. The molecule has 1 aliphatic rings. The van der Waals surface area contributed by atoms with Crippen molar-refractivity contribution in [3.05, 3.63) is 29.8 Å². The van der Waals surface area contributed by atoms with E-state index in [9.17, 15) is 18.0 Å². The van der Waals surface area contributed by atoms with Gasteiger partial charge in [0, 0.05) is 11.6 Å². The van der Waals surface area contributed by atoms with Crippen molar-refractivity contribution in [2.45, 2.75) is 44.1 Å². The third-order valence-electron chi connectivity index (χ3n) is 4.58. The van der Waals surface area contributed by atoms with Gasteiger partial charge in [-0.05, 0) is 32.6 Å². The molecule has 1 saturated carbocycles. The SMILES string of the molecule is Cc1ccc(-c2nc(SCC(=O)N(CC(F)(F)F)[C@@H](C)C3CC3)n[nH]2)cc1. The number of halogens is 3. The number of amides is 1. The van der Waals surface area contributed by atoms with Crippen molar-refractivity contribution in [2.75, 3.05) is 12.3 Å². The maximum absolute atomic E-state index is 12.9. The topological polar surface area (TPSA) is 61.9 Å². The molecule has 5 nitrogen and oxygen atoms in total. The summed E-state index contributed by atoms with van der Waals surface area (Å²) in [6.07, 6.45) is -2.67. The Morgan fingerprint density at radius 3 is 2.59 bits per heavy atom.